The molecule has 0 aromatic heterocycles. The van der Waals surface area contributed by atoms with Crippen LogP contribution in [0.5, 0.6) is 0 Å². The summed E-state index contributed by atoms with van der Waals surface area (Å²) in [5.41, 5.74) is 0. The minimum absolute atomic E-state index is 2.79. The SMILES string of the molecule is [O]C(Cl)(Cl)C(Cl)(Cl)C(Cl)(Cl)C(Cl)(Cl)C(Cl)(Cl)C(Cl)(Cl)C(Cl)(Cl)C(Cl)(Cl)C(Cl)(Cl)C(Cl)(Cl)C(Cl)(Cl)C(Cl)(Cl)C(Cl)(Cl)Cl. The summed E-state index contributed by atoms with van der Waals surface area (Å²) in [5, 5.41) is 12.2. The van der Waals surface area contributed by atoms with Gasteiger partial charge in [-0.15, -0.1) is 0 Å². The van der Waals surface area contributed by atoms with Crippen LogP contribution in [0.3, 0.4) is 0 Å². The Hall–Kier alpha value is 7.79. The molecule has 0 amide bonds. The molecule has 0 rings (SSSR count). The van der Waals surface area contributed by atoms with Gasteiger partial charge in [-0.3, -0.25) is 0 Å². The highest BCUT2D eigenvalue weighted by molar-refractivity contribution is 6.84. The molecule has 0 atom stereocenters. The zero-order valence-electron chi connectivity index (χ0n) is 17.1. The van der Waals surface area contributed by atoms with Gasteiger partial charge in [0.2, 0.25) is 12.5 Å². The lowest BCUT2D eigenvalue weighted by Gasteiger charge is -2.57. The van der Waals surface area contributed by atoms with Crippen molar-refractivity contribution in [1.82, 2.24) is 0 Å². The van der Waals surface area contributed by atoms with E-state index in [9.17, 15) is 5.11 Å². The Morgan fingerprint density at radius 1 is 0.195 bits per heavy atom. The number of hydrogen-bond acceptors (Lipinski definition) is 0. The second kappa shape index (κ2) is 14.2. The molecule has 0 aliphatic rings. The maximum atomic E-state index is 12.2. The van der Waals surface area contributed by atoms with Crippen LogP contribution in [0.1, 0.15) is 0 Å². The highest BCUT2D eigenvalue weighted by Crippen LogP contribution is 2.76. The Labute approximate surface area is 368 Å². The van der Waals surface area contributed by atoms with E-state index in [1.54, 1.807) is 0 Å². The van der Waals surface area contributed by atoms with E-state index in [1.807, 2.05) is 0 Å². The quantitative estimate of drug-likeness (QED) is 0.184. The van der Waals surface area contributed by atoms with Crippen molar-refractivity contribution >= 4 is 313 Å². The molecular formula is C13Cl27O. The van der Waals surface area contributed by atoms with Crippen LogP contribution in [-0.2, 0) is 5.11 Å². The highest BCUT2D eigenvalue weighted by atomic mass is 35.6. The van der Waals surface area contributed by atoms with Gasteiger partial charge in [-0.25, -0.2) is 0 Å². The number of halogens is 27. The minimum atomic E-state index is -3.50. The second-order valence-electron chi connectivity index (χ2n) is 7.33. The summed E-state index contributed by atoms with van der Waals surface area (Å²) in [5.74, 6) is 0. The largest absolute Gasteiger partial charge is 0.286 e. The third-order valence-corrected chi connectivity index (χ3v) is 23.4. The van der Waals surface area contributed by atoms with E-state index in [0.717, 1.165) is 0 Å². The first-order valence-electron chi connectivity index (χ1n) is 8.31. The normalized spacial score (nSPS) is 17.3. The van der Waals surface area contributed by atoms with Gasteiger partial charge in [0.1, 0.15) is 0 Å². The van der Waals surface area contributed by atoms with Gasteiger partial charge >= 0.3 is 0 Å². The van der Waals surface area contributed by atoms with Gasteiger partial charge in [-0.2, -0.15) is 5.11 Å². The fourth-order valence-electron chi connectivity index (χ4n) is 2.14. The lowest BCUT2D eigenvalue weighted by Crippen LogP contribution is -2.74. The van der Waals surface area contributed by atoms with Crippen molar-refractivity contribution < 1.29 is 5.11 Å². The van der Waals surface area contributed by atoms with Gasteiger partial charge < -0.3 is 0 Å². The third-order valence-electron chi connectivity index (χ3n) is 4.66. The molecule has 0 spiro atoms. The highest BCUT2D eigenvalue weighted by Gasteiger charge is 2.86. The number of rotatable bonds is 11. The van der Waals surface area contributed by atoms with Crippen molar-refractivity contribution in [1.29, 1.82) is 0 Å². The standard InChI is InChI=1S/C13Cl27O/c14-1(15,2(16,17)4(20,21)6(24,25)8(28,29)10(32,33)12(36,37)38)3(18,19)5(22,23)7(26,27)9(30,31)11(34,35)13(39,40)41. The Balaban J connectivity index is 7.41. The van der Waals surface area contributed by atoms with Crippen LogP contribution < -0.4 is 0 Å². The summed E-state index contributed by atoms with van der Waals surface area (Å²) in [7, 11) is 0. The Morgan fingerprint density at radius 2 is 0.317 bits per heavy atom. The molecule has 247 valence electrons. The predicted molar refractivity (Wildman–Crippen MR) is 194 cm³/mol. The minimum Gasteiger partial charge on any atom is -0.190 e. The zero-order valence-corrected chi connectivity index (χ0v) is 37.5. The molecule has 0 N–H and O–H groups in total. The first-order valence-corrected chi connectivity index (χ1v) is 18.5. The van der Waals surface area contributed by atoms with Gasteiger partial charge in [-0.05, 0) is 0 Å². The summed E-state index contributed by atoms with van der Waals surface area (Å²) < 4.78 is -43.2. The fraction of sp³-hybridized carbons (Fsp3) is 1.00. The first kappa shape index (κ1) is 48.8. The summed E-state index contributed by atoms with van der Waals surface area (Å²) in [6.07, 6.45) is 0. The van der Waals surface area contributed by atoms with E-state index < -0.39 is 56.0 Å². The lowest BCUT2D eigenvalue weighted by molar-refractivity contribution is 0.0980. The fourth-order valence-corrected chi connectivity index (χ4v) is 10.7. The van der Waals surface area contributed by atoms with Crippen LogP contribution in [0.25, 0.3) is 0 Å². The molecule has 28 heteroatoms. The van der Waals surface area contributed by atoms with Crippen LogP contribution in [0.4, 0.5) is 0 Å². The van der Waals surface area contributed by atoms with E-state index in [2.05, 4.69) is 0 Å². The van der Waals surface area contributed by atoms with Crippen molar-refractivity contribution in [3.8, 4) is 0 Å². The van der Waals surface area contributed by atoms with Crippen molar-refractivity contribution in [3.05, 3.63) is 0 Å². The molecule has 0 unspecified atom stereocenters. The average molecular weight is 1130 g/mol. The molecule has 1 nitrogen and oxygen atoms in total. The molecule has 0 bridgehead atoms. The zero-order chi connectivity index (χ0) is 34.5. The van der Waals surface area contributed by atoms with E-state index in [1.165, 1.54) is 0 Å². The van der Waals surface area contributed by atoms with Crippen LogP contribution in [0.15, 0.2) is 0 Å². The summed E-state index contributed by atoms with van der Waals surface area (Å²) in [6.45, 7) is 0. The van der Waals surface area contributed by atoms with Gasteiger partial charge in [0.15, 0.2) is 39.0 Å². The maximum absolute atomic E-state index is 12.2. The van der Waals surface area contributed by atoms with Gasteiger partial charge in [-0.1, -0.05) is 313 Å². The van der Waals surface area contributed by atoms with Gasteiger partial charge in [0.05, 0.1) is 0 Å². The molecule has 0 saturated carbocycles. The van der Waals surface area contributed by atoms with Crippen LogP contribution in [0, 0.1) is 0 Å². The summed E-state index contributed by atoms with van der Waals surface area (Å²) >= 11 is 165. The van der Waals surface area contributed by atoms with E-state index in [-0.39, 0.29) is 0 Å². The van der Waals surface area contributed by atoms with Gasteiger partial charge in [0, 0.05) is 0 Å². The Bertz CT molecular complexity index is 885. The molecule has 0 aliphatic heterocycles. The number of hydrogen-bond donors (Lipinski definition) is 0. The lowest BCUT2D eigenvalue weighted by atomic mass is 9.98. The molecule has 0 heterocycles. The van der Waals surface area contributed by atoms with Gasteiger partial charge in [0.25, 0.3) is 4.52 Å². The molecule has 0 aromatic carbocycles. The second-order valence-corrected chi connectivity index (χ2v) is 25.5. The molecule has 41 heavy (non-hydrogen) atoms. The Kier molecular flexibility index (Phi) is 16.9. The smallest absolute Gasteiger partial charge is 0.190 e. The maximum Gasteiger partial charge on any atom is 0.286 e. The molecule has 0 aromatic rings. The molecule has 1 radical (unpaired) electrons. The predicted octanol–water partition coefficient (Wildman–Crippen LogP) is 15.8. The summed E-state index contributed by atoms with van der Waals surface area (Å²) in [4.78, 5) is 0. The topological polar surface area (TPSA) is 19.9 Å². The number of alkyl halides is 27. The average Bonchev–Trinajstić information content (AvgIpc) is 2.70. The van der Waals surface area contributed by atoms with Crippen molar-refractivity contribution in [2.75, 3.05) is 0 Å². The van der Waals surface area contributed by atoms with Crippen molar-refractivity contribution in [3.63, 3.8) is 0 Å². The molecule has 0 saturated heterocycles. The molecule has 0 aliphatic carbocycles. The van der Waals surface area contributed by atoms with Crippen LogP contribution >= 0.6 is 313 Å². The first-order chi connectivity index (χ1) is 17.0. The molecular weight excluding hydrogens is 1130 g/mol. The molecule has 0 fully saturated rings. The van der Waals surface area contributed by atoms with Crippen LogP contribution in [0.2, 0.25) is 0 Å². The monoisotopic (exact) mass is 1120 g/mol. The van der Waals surface area contributed by atoms with E-state index in [0.29, 0.717) is 0 Å². The summed E-state index contributed by atoms with van der Waals surface area (Å²) in [6, 6.07) is 0. The van der Waals surface area contributed by atoms with E-state index >= 15 is 0 Å². The van der Waals surface area contributed by atoms with E-state index in [4.69, 9.17) is 313 Å². The van der Waals surface area contributed by atoms with Crippen molar-refractivity contribution in [2.24, 2.45) is 0 Å². The third kappa shape index (κ3) is 7.47. The van der Waals surface area contributed by atoms with Crippen LogP contribution in [-0.4, -0.2) is 56.0 Å². The Morgan fingerprint density at radius 3 is 0.439 bits per heavy atom. The van der Waals surface area contributed by atoms with Crippen molar-refractivity contribution in [2.45, 2.75) is 56.0 Å².